The van der Waals surface area contributed by atoms with E-state index in [1.54, 1.807) is 12.1 Å². The molecule has 0 unspecified atom stereocenters. The third kappa shape index (κ3) is 9.98. The first kappa shape index (κ1) is 19.5. The molecule has 1 aromatic carbocycles. The molecule has 23 heavy (non-hydrogen) atoms. The van der Waals surface area contributed by atoms with Crippen molar-refractivity contribution in [1.82, 2.24) is 0 Å². The summed E-state index contributed by atoms with van der Waals surface area (Å²) in [6.45, 7) is 5.56. The van der Waals surface area contributed by atoms with Crippen molar-refractivity contribution in [3.63, 3.8) is 0 Å². The Morgan fingerprint density at radius 3 is 1.96 bits per heavy atom. The van der Waals surface area contributed by atoms with Crippen molar-refractivity contribution < 1.29 is 9.90 Å². The van der Waals surface area contributed by atoms with Crippen molar-refractivity contribution in [1.29, 1.82) is 0 Å². The van der Waals surface area contributed by atoms with Crippen LogP contribution in [-0.4, -0.2) is 17.6 Å². The number of hydrogen-bond donors (Lipinski definition) is 2. The largest absolute Gasteiger partial charge is 0.478 e. The Morgan fingerprint density at radius 1 is 0.913 bits per heavy atom. The van der Waals surface area contributed by atoms with Gasteiger partial charge in [-0.25, -0.2) is 4.79 Å². The second-order valence-electron chi connectivity index (χ2n) is 6.82. The highest BCUT2D eigenvalue weighted by molar-refractivity contribution is 5.87. The van der Waals surface area contributed by atoms with Crippen LogP contribution in [0.4, 0.5) is 5.69 Å². The highest BCUT2D eigenvalue weighted by Crippen LogP contribution is 2.13. The van der Waals surface area contributed by atoms with E-state index in [9.17, 15) is 4.79 Å². The maximum atomic E-state index is 10.8. The molecule has 0 radical (unpaired) electrons. The minimum atomic E-state index is -0.874. The molecular weight excluding hydrogens is 286 g/mol. The maximum Gasteiger partial charge on any atom is 0.335 e. The minimum Gasteiger partial charge on any atom is -0.478 e. The summed E-state index contributed by atoms with van der Waals surface area (Å²) < 4.78 is 0. The van der Waals surface area contributed by atoms with Crippen LogP contribution in [0, 0.1) is 5.92 Å². The van der Waals surface area contributed by atoms with Gasteiger partial charge in [-0.05, 0) is 36.6 Å². The van der Waals surface area contributed by atoms with Gasteiger partial charge in [0.05, 0.1) is 5.56 Å². The van der Waals surface area contributed by atoms with Gasteiger partial charge in [0, 0.05) is 12.2 Å². The second-order valence-corrected chi connectivity index (χ2v) is 6.82. The lowest BCUT2D eigenvalue weighted by molar-refractivity contribution is 0.0697. The summed E-state index contributed by atoms with van der Waals surface area (Å²) in [6, 6.07) is 6.95. The fourth-order valence-electron chi connectivity index (χ4n) is 2.70. The van der Waals surface area contributed by atoms with Crippen molar-refractivity contribution in [2.24, 2.45) is 5.92 Å². The number of benzene rings is 1. The van der Waals surface area contributed by atoms with Gasteiger partial charge in [0.2, 0.25) is 0 Å². The van der Waals surface area contributed by atoms with Gasteiger partial charge in [-0.2, -0.15) is 0 Å². The van der Waals surface area contributed by atoms with Gasteiger partial charge in [0.15, 0.2) is 0 Å². The van der Waals surface area contributed by atoms with Crippen molar-refractivity contribution >= 4 is 11.7 Å². The van der Waals surface area contributed by atoms with E-state index < -0.39 is 5.97 Å². The summed E-state index contributed by atoms with van der Waals surface area (Å²) in [5.41, 5.74) is 1.34. The smallest absolute Gasteiger partial charge is 0.335 e. The van der Waals surface area contributed by atoms with Crippen LogP contribution in [0.5, 0.6) is 0 Å². The number of carboxylic acid groups (broad SMARTS) is 1. The molecule has 0 aliphatic heterocycles. The molecule has 0 fully saturated rings. The number of nitrogens with one attached hydrogen (secondary N) is 1. The van der Waals surface area contributed by atoms with Gasteiger partial charge >= 0.3 is 5.97 Å². The Balaban J connectivity index is 1.92. The van der Waals surface area contributed by atoms with E-state index >= 15 is 0 Å². The molecule has 0 spiro atoms. The summed E-state index contributed by atoms with van der Waals surface area (Å²) >= 11 is 0. The van der Waals surface area contributed by atoms with Crippen LogP contribution in [0.15, 0.2) is 24.3 Å². The molecular formula is C20H33NO2. The van der Waals surface area contributed by atoms with Crippen molar-refractivity contribution in [2.45, 2.75) is 71.6 Å². The van der Waals surface area contributed by atoms with Gasteiger partial charge in [0.25, 0.3) is 0 Å². The number of anilines is 1. The third-order valence-corrected chi connectivity index (χ3v) is 4.17. The fraction of sp³-hybridized carbons (Fsp3) is 0.650. The lowest BCUT2D eigenvalue weighted by Gasteiger charge is -2.07. The molecule has 0 heterocycles. The predicted molar refractivity (Wildman–Crippen MR) is 98.3 cm³/mol. The Bertz CT molecular complexity index is 426. The Morgan fingerprint density at radius 2 is 1.43 bits per heavy atom. The summed E-state index contributed by atoms with van der Waals surface area (Å²) in [6.07, 6.45) is 12.1. The molecule has 0 amide bonds. The first-order valence-corrected chi connectivity index (χ1v) is 9.17. The number of carboxylic acids is 1. The van der Waals surface area contributed by atoms with Crippen molar-refractivity contribution in [3.05, 3.63) is 29.8 Å². The van der Waals surface area contributed by atoms with Crippen LogP contribution in [0.1, 0.15) is 82.0 Å². The fourth-order valence-corrected chi connectivity index (χ4v) is 2.70. The van der Waals surface area contributed by atoms with E-state index in [1.165, 1.54) is 57.8 Å². The third-order valence-electron chi connectivity index (χ3n) is 4.17. The summed E-state index contributed by atoms with van der Waals surface area (Å²) in [5.74, 6) is -0.0245. The van der Waals surface area contributed by atoms with Crippen molar-refractivity contribution in [3.8, 4) is 0 Å². The van der Waals surface area contributed by atoms with E-state index in [-0.39, 0.29) is 0 Å². The highest BCUT2D eigenvalue weighted by Gasteiger charge is 2.01. The van der Waals surface area contributed by atoms with Crippen LogP contribution >= 0.6 is 0 Å². The first-order valence-electron chi connectivity index (χ1n) is 9.17. The standard InChI is InChI=1S/C20H33NO2/c1-17(2)11-9-7-5-3-4-6-8-10-16-21-19-14-12-18(13-15-19)20(22)23/h12-15,17,21H,3-11,16H2,1-2H3,(H,22,23). The molecule has 2 N–H and O–H groups in total. The molecule has 0 aliphatic rings. The summed E-state index contributed by atoms with van der Waals surface area (Å²) in [7, 11) is 0. The number of aromatic carboxylic acids is 1. The normalized spacial score (nSPS) is 10.9. The Labute approximate surface area is 141 Å². The zero-order valence-corrected chi connectivity index (χ0v) is 14.8. The second kappa shape index (κ2) is 12.0. The maximum absolute atomic E-state index is 10.8. The molecule has 3 heteroatoms. The number of carbonyl (C=O) groups is 1. The molecule has 3 nitrogen and oxygen atoms in total. The van der Waals surface area contributed by atoms with Gasteiger partial charge < -0.3 is 10.4 Å². The van der Waals surface area contributed by atoms with Crippen molar-refractivity contribution in [2.75, 3.05) is 11.9 Å². The lowest BCUT2D eigenvalue weighted by Crippen LogP contribution is -2.02. The zero-order valence-electron chi connectivity index (χ0n) is 14.8. The molecule has 0 saturated carbocycles. The molecule has 0 bridgehead atoms. The van der Waals surface area contributed by atoms with Crippen LogP contribution in [0.25, 0.3) is 0 Å². The Hall–Kier alpha value is -1.51. The molecule has 130 valence electrons. The van der Waals surface area contributed by atoms with Gasteiger partial charge in [0.1, 0.15) is 0 Å². The molecule has 0 saturated heterocycles. The van der Waals surface area contributed by atoms with E-state index in [0.29, 0.717) is 5.56 Å². The first-order chi connectivity index (χ1) is 11.1. The van der Waals surface area contributed by atoms with E-state index in [2.05, 4.69) is 19.2 Å². The highest BCUT2D eigenvalue weighted by atomic mass is 16.4. The SMILES string of the molecule is CC(C)CCCCCCCCCCNc1ccc(C(=O)O)cc1. The van der Waals surface area contributed by atoms with E-state index in [0.717, 1.165) is 18.2 Å². The van der Waals surface area contributed by atoms with Crippen LogP contribution < -0.4 is 5.32 Å². The number of unbranched alkanes of at least 4 members (excludes halogenated alkanes) is 7. The van der Waals surface area contributed by atoms with Gasteiger partial charge in [-0.3, -0.25) is 0 Å². The quantitative estimate of drug-likeness (QED) is 0.441. The minimum absolute atomic E-state index is 0.337. The predicted octanol–water partition coefficient (Wildman–Crippen LogP) is 5.96. The van der Waals surface area contributed by atoms with Crippen LogP contribution in [-0.2, 0) is 0 Å². The average Bonchev–Trinajstić information content (AvgIpc) is 2.52. The summed E-state index contributed by atoms with van der Waals surface area (Å²) in [4.78, 5) is 10.8. The van der Waals surface area contributed by atoms with Gasteiger partial charge in [-0.1, -0.05) is 65.2 Å². The van der Waals surface area contributed by atoms with E-state index in [1.807, 2.05) is 12.1 Å². The number of hydrogen-bond acceptors (Lipinski definition) is 2. The molecule has 1 rings (SSSR count). The summed E-state index contributed by atoms with van der Waals surface area (Å²) in [5, 5.41) is 12.2. The molecule has 0 aromatic heterocycles. The molecule has 1 aromatic rings. The molecule has 0 aliphatic carbocycles. The molecule has 0 atom stereocenters. The monoisotopic (exact) mass is 319 g/mol. The zero-order chi connectivity index (χ0) is 16.9. The average molecular weight is 319 g/mol. The lowest BCUT2D eigenvalue weighted by atomic mass is 10.0. The van der Waals surface area contributed by atoms with Gasteiger partial charge in [-0.15, -0.1) is 0 Å². The van der Waals surface area contributed by atoms with Crippen LogP contribution in [0.2, 0.25) is 0 Å². The Kier molecular flexibility index (Phi) is 10.2. The topological polar surface area (TPSA) is 49.3 Å². The number of rotatable bonds is 13. The van der Waals surface area contributed by atoms with Crippen LogP contribution in [0.3, 0.4) is 0 Å². The van der Waals surface area contributed by atoms with E-state index in [4.69, 9.17) is 5.11 Å².